The van der Waals surface area contributed by atoms with Gasteiger partial charge in [-0.2, -0.15) is 13.2 Å². The minimum Gasteiger partial charge on any atom is -0.396 e. The van der Waals surface area contributed by atoms with Crippen molar-refractivity contribution in [3.05, 3.63) is 34.6 Å². The standard InChI is InChI=1S/C10H9ClF3NO/c11-9-5-7(3-1-2-4-16)8(6-15-9)10(12,13)14/h1,3,5-6,16H,2,4H2. The monoisotopic (exact) mass is 251 g/mol. The molecule has 0 bridgehead atoms. The minimum absolute atomic E-state index is 0.00310. The number of aromatic nitrogens is 1. The molecule has 0 saturated carbocycles. The van der Waals surface area contributed by atoms with Crippen LogP contribution in [0, 0.1) is 0 Å². The van der Waals surface area contributed by atoms with Gasteiger partial charge in [0.2, 0.25) is 0 Å². The van der Waals surface area contributed by atoms with Gasteiger partial charge < -0.3 is 5.11 Å². The van der Waals surface area contributed by atoms with E-state index in [1.165, 1.54) is 12.2 Å². The van der Waals surface area contributed by atoms with Crippen molar-refractivity contribution in [2.75, 3.05) is 6.61 Å². The number of aliphatic hydroxyl groups is 1. The molecule has 0 aliphatic rings. The van der Waals surface area contributed by atoms with E-state index >= 15 is 0 Å². The lowest BCUT2D eigenvalue weighted by Gasteiger charge is -2.09. The van der Waals surface area contributed by atoms with Crippen molar-refractivity contribution in [1.82, 2.24) is 4.98 Å². The molecule has 0 aromatic carbocycles. The zero-order valence-corrected chi connectivity index (χ0v) is 8.89. The van der Waals surface area contributed by atoms with Gasteiger partial charge in [0.15, 0.2) is 0 Å². The molecule has 1 aromatic rings. The Morgan fingerprint density at radius 3 is 2.69 bits per heavy atom. The molecule has 0 aliphatic carbocycles. The summed E-state index contributed by atoms with van der Waals surface area (Å²) in [5, 5.41) is 8.51. The Bertz CT molecular complexity index is 390. The van der Waals surface area contributed by atoms with Crippen LogP contribution in [-0.2, 0) is 6.18 Å². The predicted molar refractivity (Wildman–Crippen MR) is 55.0 cm³/mol. The van der Waals surface area contributed by atoms with E-state index in [9.17, 15) is 13.2 Å². The summed E-state index contributed by atoms with van der Waals surface area (Å²) in [6.45, 7) is -0.114. The van der Waals surface area contributed by atoms with Crippen molar-refractivity contribution in [2.45, 2.75) is 12.6 Å². The van der Waals surface area contributed by atoms with E-state index in [4.69, 9.17) is 16.7 Å². The summed E-state index contributed by atoms with van der Waals surface area (Å²) in [5.74, 6) is 0. The fourth-order valence-electron chi connectivity index (χ4n) is 1.10. The second-order valence-electron chi connectivity index (χ2n) is 3.01. The third-order valence-electron chi connectivity index (χ3n) is 1.80. The number of hydrogen-bond acceptors (Lipinski definition) is 2. The molecule has 16 heavy (non-hydrogen) atoms. The zero-order chi connectivity index (χ0) is 12.2. The van der Waals surface area contributed by atoms with Gasteiger partial charge in [-0.15, -0.1) is 0 Å². The van der Waals surface area contributed by atoms with E-state index in [1.807, 2.05) is 0 Å². The van der Waals surface area contributed by atoms with Crippen molar-refractivity contribution in [3.63, 3.8) is 0 Å². The molecule has 0 radical (unpaired) electrons. The molecule has 1 heterocycles. The van der Waals surface area contributed by atoms with Gasteiger partial charge in [-0.1, -0.05) is 23.8 Å². The molecule has 88 valence electrons. The van der Waals surface area contributed by atoms with Crippen LogP contribution in [0.4, 0.5) is 13.2 Å². The highest BCUT2D eigenvalue weighted by Crippen LogP contribution is 2.32. The SMILES string of the molecule is OCCC=Cc1cc(Cl)ncc1C(F)(F)F. The molecular weight excluding hydrogens is 243 g/mol. The molecule has 6 heteroatoms. The molecule has 1 rings (SSSR count). The largest absolute Gasteiger partial charge is 0.418 e. The van der Waals surface area contributed by atoms with Crippen LogP contribution in [-0.4, -0.2) is 16.7 Å². The molecule has 2 nitrogen and oxygen atoms in total. The molecule has 1 N–H and O–H groups in total. The number of hydrogen-bond donors (Lipinski definition) is 1. The maximum absolute atomic E-state index is 12.5. The molecule has 0 amide bonds. The summed E-state index contributed by atoms with van der Waals surface area (Å²) in [5.41, 5.74) is -0.896. The highest BCUT2D eigenvalue weighted by atomic mass is 35.5. The van der Waals surface area contributed by atoms with E-state index in [0.717, 1.165) is 6.07 Å². The number of rotatable bonds is 3. The highest BCUT2D eigenvalue weighted by molar-refractivity contribution is 6.29. The predicted octanol–water partition coefficient (Wildman–Crippen LogP) is 3.15. The summed E-state index contributed by atoms with van der Waals surface area (Å²) in [7, 11) is 0. The Hall–Kier alpha value is -1.07. The van der Waals surface area contributed by atoms with Gasteiger partial charge in [-0.25, -0.2) is 4.98 Å². The lowest BCUT2D eigenvalue weighted by Crippen LogP contribution is -2.08. The molecular formula is C10H9ClF3NO. The third-order valence-corrected chi connectivity index (χ3v) is 2.01. The number of nitrogens with zero attached hydrogens (tertiary/aromatic N) is 1. The summed E-state index contributed by atoms with van der Waals surface area (Å²) >= 11 is 5.52. The maximum atomic E-state index is 12.5. The van der Waals surface area contributed by atoms with Crippen molar-refractivity contribution >= 4 is 17.7 Å². The Morgan fingerprint density at radius 1 is 1.44 bits per heavy atom. The summed E-state index contributed by atoms with van der Waals surface area (Å²) in [6, 6.07) is 1.14. The number of halogens is 4. The van der Waals surface area contributed by atoms with Gasteiger partial charge in [0.25, 0.3) is 0 Å². The van der Waals surface area contributed by atoms with E-state index in [-0.39, 0.29) is 23.7 Å². The summed E-state index contributed by atoms with van der Waals surface area (Å²) < 4.78 is 37.6. The highest BCUT2D eigenvalue weighted by Gasteiger charge is 2.33. The van der Waals surface area contributed by atoms with Crippen LogP contribution in [0.15, 0.2) is 18.3 Å². The van der Waals surface area contributed by atoms with E-state index in [1.54, 1.807) is 0 Å². The first-order chi connectivity index (χ1) is 7.45. The van der Waals surface area contributed by atoms with Crippen LogP contribution < -0.4 is 0 Å². The first-order valence-corrected chi connectivity index (χ1v) is 4.83. The van der Waals surface area contributed by atoms with Gasteiger partial charge in [0.1, 0.15) is 5.15 Å². The quantitative estimate of drug-likeness (QED) is 0.837. The fourth-order valence-corrected chi connectivity index (χ4v) is 1.27. The van der Waals surface area contributed by atoms with E-state index in [2.05, 4.69) is 4.98 Å². The Balaban J connectivity index is 3.09. The molecule has 0 atom stereocenters. The molecule has 0 unspecified atom stereocenters. The van der Waals surface area contributed by atoms with Crippen molar-refractivity contribution in [3.8, 4) is 0 Å². The maximum Gasteiger partial charge on any atom is 0.418 e. The molecule has 0 spiro atoms. The van der Waals surface area contributed by atoms with Crippen molar-refractivity contribution in [1.29, 1.82) is 0 Å². The minimum atomic E-state index is -4.46. The van der Waals surface area contributed by atoms with Crippen LogP contribution in [0.1, 0.15) is 17.5 Å². The number of pyridine rings is 1. The summed E-state index contributed by atoms with van der Waals surface area (Å²) in [4.78, 5) is 3.40. The lowest BCUT2D eigenvalue weighted by atomic mass is 10.1. The Kier molecular flexibility index (Phi) is 4.32. The summed E-state index contributed by atoms with van der Waals surface area (Å²) in [6.07, 6.45) is -0.762. The van der Waals surface area contributed by atoms with Gasteiger partial charge in [-0.05, 0) is 18.1 Å². The third kappa shape index (κ3) is 3.50. The van der Waals surface area contributed by atoms with Crippen LogP contribution in [0.2, 0.25) is 5.15 Å². The van der Waals surface area contributed by atoms with E-state index < -0.39 is 11.7 Å². The average Bonchev–Trinajstić information content (AvgIpc) is 2.16. The van der Waals surface area contributed by atoms with Gasteiger partial charge in [0.05, 0.1) is 5.56 Å². The smallest absolute Gasteiger partial charge is 0.396 e. The van der Waals surface area contributed by atoms with Crippen LogP contribution in [0.3, 0.4) is 0 Å². The molecule has 0 aliphatic heterocycles. The van der Waals surface area contributed by atoms with Crippen molar-refractivity contribution < 1.29 is 18.3 Å². The topological polar surface area (TPSA) is 33.1 Å². The fraction of sp³-hybridized carbons (Fsp3) is 0.300. The second-order valence-corrected chi connectivity index (χ2v) is 3.39. The number of alkyl halides is 3. The van der Waals surface area contributed by atoms with Gasteiger partial charge in [-0.3, -0.25) is 0 Å². The molecule has 0 fully saturated rings. The van der Waals surface area contributed by atoms with Crippen LogP contribution >= 0.6 is 11.6 Å². The second kappa shape index (κ2) is 5.32. The first kappa shape index (κ1) is 13.0. The molecule has 1 aromatic heterocycles. The molecule has 0 saturated heterocycles. The van der Waals surface area contributed by atoms with Gasteiger partial charge in [0, 0.05) is 12.8 Å². The lowest BCUT2D eigenvalue weighted by molar-refractivity contribution is -0.137. The average molecular weight is 252 g/mol. The van der Waals surface area contributed by atoms with Crippen LogP contribution in [0.5, 0.6) is 0 Å². The van der Waals surface area contributed by atoms with Crippen molar-refractivity contribution in [2.24, 2.45) is 0 Å². The van der Waals surface area contributed by atoms with E-state index in [0.29, 0.717) is 6.20 Å². The van der Waals surface area contributed by atoms with Crippen LogP contribution in [0.25, 0.3) is 6.08 Å². The zero-order valence-electron chi connectivity index (χ0n) is 8.13. The van der Waals surface area contributed by atoms with Gasteiger partial charge >= 0.3 is 6.18 Å². The Labute approximate surface area is 95.4 Å². The number of aliphatic hydroxyl groups excluding tert-OH is 1. The first-order valence-electron chi connectivity index (χ1n) is 4.45. The normalized spacial score (nSPS) is 12.3. The Morgan fingerprint density at radius 2 is 2.12 bits per heavy atom.